The van der Waals surface area contributed by atoms with Crippen molar-refractivity contribution in [2.24, 2.45) is 0 Å². The third kappa shape index (κ3) is 2.81. The summed E-state index contributed by atoms with van der Waals surface area (Å²) in [7, 11) is 0. The first-order valence-electron chi connectivity index (χ1n) is 7.48. The van der Waals surface area contributed by atoms with Gasteiger partial charge in [-0.05, 0) is 44.9 Å². The van der Waals surface area contributed by atoms with E-state index in [-0.39, 0.29) is 11.9 Å². The van der Waals surface area contributed by atoms with Gasteiger partial charge in [-0.15, -0.1) is 5.10 Å². The van der Waals surface area contributed by atoms with Gasteiger partial charge in [0.2, 0.25) is 5.91 Å². The van der Waals surface area contributed by atoms with Crippen LogP contribution < -0.4 is 0 Å². The Balaban J connectivity index is 1.84. The average Bonchev–Trinajstić information content (AvgIpc) is 3.10. The van der Waals surface area contributed by atoms with E-state index in [9.17, 15) is 4.79 Å². The molecule has 22 heavy (non-hydrogen) atoms. The Morgan fingerprint density at radius 2 is 2.36 bits per heavy atom. The topological polar surface area (TPSA) is 64.2 Å². The van der Waals surface area contributed by atoms with Crippen LogP contribution in [0.3, 0.4) is 0 Å². The molecule has 1 amide bonds. The van der Waals surface area contributed by atoms with Crippen LogP contribution in [0.15, 0.2) is 35.4 Å². The normalized spacial score (nSPS) is 15.5. The lowest BCUT2D eigenvalue weighted by Gasteiger charge is -2.27. The Hall–Kier alpha value is -2.37. The maximum absolute atomic E-state index is 12.3. The van der Waals surface area contributed by atoms with Crippen molar-refractivity contribution in [2.45, 2.75) is 45.3 Å². The number of hydrogen-bond donors (Lipinski definition) is 0. The molecule has 2 aromatic heterocycles. The zero-order valence-corrected chi connectivity index (χ0v) is 12.9. The number of aromatic nitrogens is 3. The summed E-state index contributed by atoms with van der Waals surface area (Å²) in [5.74, 6) is 1.46. The van der Waals surface area contributed by atoms with Crippen molar-refractivity contribution in [1.82, 2.24) is 19.9 Å². The van der Waals surface area contributed by atoms with E-state index in [2.05, 4.69) is 16.9 Å². The second-order valence-electron chi connectivity index (χ2n) is 5.70. The smallest absolute Gasteiger partial charge is 0.246 e. The molecule has 2 heterocycles. The molecule has 0 bridgehead atoms. The van der Waals surface area contributed by atoms with Gasteiger partial charge in [-0.3, -0.25) is 4.79 Å². The molecule has 2 aromatic rings. The first kappa shape index (κ1) is 14.6. The van der Waals surface area contributed by atoms with E-state index in [1.807, 2.05) is 30.7 Å². The highest BCUT2D eigenvalue weighted by molar-refractivity contribution is 5.87. The zero-order chi connectivity index (χ0) is 15.7. The Labute approximate surface area is 129 Å². The Morgan fingerprint density at radius 3 is 2.95 bits per heavy atom. The standard InChI is InChI=1S/C16H20N4O2/c1-4-16(21)19(12(3)15-8-5-11(2)22-15)10-14-9-17-18-20(14)13-6-7-13/h4-5,8-9,12-13H,1,6-7,10H2,2-3H3. The predicted octanol–water partition coefficient (Wildman–Crippen LogP) is 2.79. The van der Waals surface area contributed by atoms with Crippen molar-refractivity contribution < 1.29 is 9.21 Å². The van der Waals surface area contributed by atoms with Crippen LogP contribution in [0.4, 0.5) is 0 Å². The van der Waals surface area contributed by atoms with E-state index in [1.54, 1.807) is 11.1 Å². The molecule has 1 atom stereocenters. The van der Waals surface area contributed by atoms with Gasteiger partial charge in [-0.25, -0.2) is 4.68 Å². The van der Waals surface area contributed by atoms with Crippen molar-refractivity contribution in [2.75, 3.05) is 0 Å². The molecule has 0 saturated heterocycles. The highest BCUT2D eigenvalue weighted by atomic mass is 16.3. The molecule has 0 radical (unpaired) electrons. The van der Waals surface area contributed by atoms with Gasteiger partial charge < -0.3 is 9.32 Å². The highest BCUT2D eigenvalue weighted by Crippen LogP contribution is 2.35. The lowest BCUT2D eigenvalue weighted by atomic mass is 10.2. The molecule has 0 aromatic carbocycles. The lowest BCUT2D eigenvalue weighted by molar-refractivity contribution is -0.129. The van der Waals surface area contributed by atoms with Gasteiger partial charge in [-0.1, -0.05) is 11.8 Å². The quantitative estimate of drug-likeness (QED) is 0.769. The van der Waals surface area contributed by atoms with Crippen LogP contribution in [-0.2, 0) is 11.3 Å². The van der Waals surface area contributed by atoms with Gasteiger partial charge in [-0.2, -0.15) is 0 Å². The van der Waals surface area contributed by atoms with Crippen LogP contribution in [0.25, 0.3) is 0 Å². The highest BCUT2D eigenvalue weighted by Gasteiger charge is 2.29. The van der Waals surface area contributed by atoms with Crippen LogP contribution in [-0.4, -0.2) is 25.8 Å². The third-order valence-electron chi connectivity index (χ3n) is 3.97. The van der Waals surface area contributed by atoms with E-state index < -0.39 is 0 Å². The molecule has 1 aliphatic carbocycles. The van der Waals surface area contributed by atoms with Crippen LogP contribution in [0, 0.1) is 6.92 Å². The number of hydrogen-bond acceptors (Lipinski definition) is 4. The number of carbonyl (C=O) groups is 1. The van der Waals surface area contributed by atoms with E-state index >= 15 is 0 Å². The van der Waals surface area contributed by atoms with E-state index in [1.165, 1.54) is 6.08 Å². The molecule has 1 unspecified atom stereocenters. The van der Waals surface area contributed by atoms with Crippen LogP contribution in [0.2, 0.25) is 0 Å². The molecule has 1 fully saturated rings. The Bertz CT molecular complexity index is 684. The number of amides is 1. The Morgan fingerprint density at radius 1 is 1.59 bits per heavy atom. The fraction of sp³-hybridized carbons (Fsp3) is 0.438. The fourth-order valence-electron chi connectivity index (χ4n) is 2.53. The second-order valence-corrected chi connectivity index (χ2v) is 5.70. The van der Waals surface area contributed by atoms with Gasteiger partial charge in [0, 0.05) is 0 Å². The summed E-state index contributed by atoms with van der Waals surface area (Å²) in [6.07, 6.45) is 5.30. The summed E-state index contributed by atoms with van der Waals surface area (Å²) < 4.78 is 7.58. The van der Waals surface area contributed by atoms with Crippen LogP contribution in [0.1, 0.15) is 49.1 Å². The molecule has 6 heteroatoms. The molecular weight excluding hydrogens is 280 g/mol. The summed E-state index contributed by atoms with van der Waals surface area (Å²) in [6.45, 7) is 7.88. The van der Waals surface area contributed by atoms with E-state index in [0.717, 1.165) is 30.1 Å². The minimum Gasteiger partial charge on any atom is -0.464 e. The zero-order valence-electron chi connectivity index (χ0n) is 12.9. The van der Waals surface area contributed by atoms with Crippen molar-refractivity contribution in [1.29, 1.82) is 0 Å². The average molecular weight is 300 g/mol. The summed E-state index contributed by atoms with van der Waals surface area (Å²) in [5.41, 5.74) is 0.938. The first-order chi connectivity index (χ1) is 10.6. The number of carbonyl (C=O) groups excluding carboxylic acids is 1. The third-order valence-corrected chi connectivity index (χ3v) is 3.97. The van der Waals surface area contributed by atoms with Crippen molar-refractivity contribution in [3.63, 3.8) is 0 Å². The molecule has 0 N–H and O–H groups in total. The number of aryl methyl sites for hydroxylation is 1. The molecule has 3 rings (SSSR count). The van der Waals surface area contributed by atoms with Crippen molar-refractivity contribution in [3.8, 4) is 0 Å². The molecule has 1 aliphatic rings. The number of nitrogens with zero attached hydrogens (tertiary/aromatic N) is 4. The SMILES string of the molecule is C=CC(=O)N(Cc1cnnn1C1CC1)C(C)c1ccc(C)o1. The second kappa shape index (κ2) is 5.79. The molecular formula is C16H20N4O2. The molecule has 116 valence electrons. The molecule has 0 aliphatic heterocycles. The summed E-state index contributed by atoms with van der Waals surface area (Å²) >= 11 is 0. The summed E-state index contributed by atoms with van der Waals surface area (Å²) in [5, 5.41) is 8.12. The van der Waals surface area contributed by atoms with Gasteiger partial charge in [0.15, 0.2) is 0 Å². The van der Waals surface area contributed by atoms with Crippen LogP contribution in [0.5, 0.6) is 0 Å². The van der Waals surface area contributed by atoms with Gasteiger partial charge in [0.1, 0.15) is 11.5 Å². The number of furan rings is 1. The minimum absolute atomic E-state index is 0.134. The number of rotatable bonds is 6. The minimum atomic E-state index is -0.179. The maximum atomic E-state index is 12.3. The molecule has 6 nitrogen and oxygen atoms in total. The van der Waals surface area contributed by atoms with Gasteiger partial charge in [0.25, 0.3) is 0 Å². The lowest BCUT2D eigenvalue weighted by Crippen LogP contribution is -2.32. The van der Waals surface area contributed by atoms with Gasteiger partial charge in [0.05, 0.1) is 30.5 Å². The van der Waals surface area contributed by atoms with Crippen LogP contribution >= 0.6 is 0 Å². The monoisotopic (exact) mass is 300 g/mol. The first-order valence-corrected chi connectivity index (χ1v) is 7.48. The van der Waals surface area contributed by atoms with E-state index in [4.69, 9.17) is 4.42 Å². The van der Waals surface area contributed by atoms with Crippen molar-refractivity contribution in [3.05, 3.63) is 48.2 Å². The summed E-state index contributed by atoms with van der Waals surface area (Å²) in [4.78, 5) is 14.0. The fourth-order valence-corrected chi connectivity index (χ4v) is 2.53. The largest absolute Gasteiger partial charge is 0.464 e. The molecule has 1 saturated carbocycles. The molecule has 0 spiro atoms. The Kier molecular flexibility index (Phi) is 3.83. The maximum Gasteiger partial charge on any atom is 0.246 e. The predicted molar refractivity (Wildman–Crippen MR) is 80.9 cm³/mol. The van der Waals surface area contributed by atoms with Gasteiger partial charge >= 0.3 is 0 Å². The van der Waals surface area contributed by atoms with E-state index in [0.29, 0.717) is 12.6 Å². The van der Waals surface area contributed by atoms with Crippen molar-refractivity contribution >= 4 is 5.91 Å². The summed E-state index contributed by atoms with van der Waals surface area (Å²) in [6, 6.07) is 4.05.